The molecule has 0 aliphatic carbocycles. The van der Waals surface area contributed by atoms with Crippen LogP contribution in [-0.2, 0) is 0 Å². The molecular weight excluding hydrogens is 246 g/mol. The standard InChI is InChI=1S/C10H12BrNO2/c1-12(2)6-10(14)8-4-3-7(11)5-9(8)13/h3-5,13H,6H2,1-2H3. The summed E-state index contributed by atoms with van der Waals surface area (Å²) in [4.78, 5) is 13.3. The van der Waals surface area contributed by atoms with Crippen LogP contribution in [0.2, 0.25) is 0 Å². The number of rotatable bonds is 3. The van der Waals surface area contributed by atoms with E-state index in [1.807, 2.05) is 14.1 Å². The fourth-order valence-electron chi connectivity index (χ4n) is 1.11. The van der Waals surface area contributed by atoms with Crippen LogP contribution in [0.3, 0.4) is 0 Å². The molecule has 4 heteroatoms. The number of benzene rings is 1. The summed E-state index contributed by atoms with van der Waals surface area (Å²) < 4.78 is 0.761. The molecule has 0 spiro atoms. The Morgan fingerprint density at radius 3 is 2.64 bits per heavy atom. The summed E-state index contributed by atoms with van der Waals surface area (Å²) in [5.74, 6) is -0.0637. The largest absolute Gasteiger partial charge is 0.507 e. The van der Waals surface area contributed by atoms with Crippen molar-refractivity contribution in [1.29, 1.82) is 0 Å². The monoisotopic (exact) mass is 257 g/mol. The number of nitrogens with zero attached hydrogens (tertiary/aromatic N) is 1. The lowest BCUT2D eigenvalue weighted by atomic mass is 10.1. The number of halogens is 1. The van der Waals surface area contributed by atoms with Gasteiger partial charge in [0.1, 0.15) is 5.75 Å². The fraction of sp³-hybridized carbons (Fsp3) is 0.300. The van der Waals surface area contributed by atoms with Crippen LogP contribution in [0, 0.1) is 0 Å². The number of aromatic hydroxyl groups is 1. The first-order valence-electron chi connectivity index (χ1n) is 4.17. The number of hydrogen-bond acceptors (Lipinski definition) is 3. The van der Waals surface area contributed by atoms with E-state index in [1.54, 1.807) is 17.0 Å². The van der Waals surface area contributed by atoms with E-state index in [4.69, 9.17) is 0 Å². The molecule has 1 aromatic carbocycles. The number of carbonyl (C=O) groups excluding carboxylic acids is 1. The molecule has 0 saturated heterocycles. The van der Waals surface area contributed by atoms with Crippen LogP contribution in [-0.4, -0.2) is 36.4 Å². The van der Waals surface area contributed by atoms with Crippen molar-refractivity contribution < 1.29 is 9.90 Å². The maximum absolute atomic E-state index is 11.6. The average molecular weight is 258 g/mol. The van der Waals surface area contributed by atoms with Gasteiger partial charge < -0.3 is 10.0 Å². The van der Waals surface area contributed by atoms with Gasteiger partial charge in [-0.3, -0.25) is 4.79 Å². The number of Topliss-reactive ketones (excluding diaryl/α,β-unsaturated/α-hetero) is 1. The SMILES string of the molecule is CN(C)CC(=O)c1ccc(Br)cc1O. The highest BCUT2D eigenvalue weighted by Crippen LogP contribution is 2.22. The molecule has 0 radical (unpaired) electrons. The first-order chi connectivity index (χ1) is 6.50. The minimum atomic E-state index is -0.0833. The third-order valence-electron chi connectivity index (χ3n) is 1.72. The minimum absolute atomic E-state index is 0.0197. The number of hydrogen-bond donors (Lipinski definition) is 1. The van der Waals surface area contributed by atoms with Crippen LogP contribution in [0.15, 0.2) is 22.7 Å². The van der Waals surface area contributed by atoms with Crippen molar-refractivity contribution in [2.45, 2.75) is 0 Å². The summed E-state index contributed by atoms with van der Waals surface area (Å²) in [5, 5.41) is 9.51. The van der Waals surface area contributed by atoms with Gasteiger partial charge in [-0.05, 0) is 32.3 Å². The molecule has 0 bridgehead atoms. The smallest absolute Gasteiger partial charge is 0.180 e. The van der Waals surface area contributed by atoms with Crippen LogP contribution in [0.5, 0.6) is 5.75 Å². The first kappa shape index (κ1) is 11.2. The summed E-state index contributed by atoms with van der Waals surface area (Å²) in [6, 6.07) is 4.87. The fourth-order valence-corrected chi connectivity index (χ4v) is 1.46. The first-order valence-corrected chi connectivity index (χ1v) is 4.96. The van der Waals surface area contributed by atoms with E-state index in [9.17, 15) is 9.90 Å². The molecule has 0 aliphatic heterocycles. The summed E-state index contributed by atoms with van der Waals surface area (Å²) in [5.41, 5.74) is 0.363. The van der Waals surface area contributed by atoms with Crippen molar-refractivity contribution >= 4 is 21.7 Å². The third kappa shape index (κ3) is 2.82. The van der Waals surface area contributed by atoms with Crippen molar-refractivity contribution in [3.8, 4) is 5.75 Å². The van der Waals surface area contributed by atoms with Gasteiger partial charge in [0.15, 0.2) is 5.78 Å². The molecule has 1 N–H and O–H groups in total. The molecule has 0 atom stereocenters. The normalized spacial score (nSPS) is 10.6. The highest BCUT2D eigenvalue weighted by atomic mass is 79.9. The molecule has 3 nitrogen and oxygen atoms in total. The predicted molar refractivity (Wildman–Crippen MR) is 58.7 cm³/mol. The van der Waals surface area contributed by atoms with Crippen molar-refractivity contribution in [3.05, 3.63) is 28.2 Å². The van der Waals surface area contributed by atoms with Crippen LogP contribution in [0.1, 0.15) is 10.4 Å². The zero-order valence-corrected chi connectivity index (χ0v) is 9.71. The van der Waals surface area contributed by atoms with Crippen LogP contribution >= 0.6 is 15.9 Å². The average Bonchev–Trinajstić information content (AvgIpc) is 2.01. The maximum Gasteiger partial charge on any atom is 0.180 e. The molecular formula is C10H12BrNO2. The predicted octanol–water partition coefficient (Wildman–Crippen LogP) is 1.90. The molecule has 1 aromatic rings. The Balaban J connectivity index is 2.90. The minimum Gasteiger partial charge on any atom is -0.507 e. The van der Waals surface area contributed by atoms with Crippen LogP contribution in [0.4, 0.5) is 0 Å². The van der Waals surface area contributed by atoms with E-state index >= 15 is 0 Å². The van der Waals surface area contributed by atoms with Crippen LogP contribution in [0.25, 0.3) is 0 Å². The molecule has 0 aromatic heterocycles. The van der Waals surface area contributed by atoms with Crippen molar-refractivity contribution in [2.24, 2.45) is 0 Å². The van der Waals surface area contributed by atoms with Gasteiger partial charge in [-0.1, -0.05) is 15.9 Å². The van der Waals surface area contributed by atoms with E-state index in [2.05, 4.69) is 15.9 Å². The number of phenols is 1. The number of likely N-dealkylation sites (N-methyl/N-ethyl adjacent to an activating group) is 1. The Kier molecular flexibility index (Phi) is 3.66. The quantitative estimate of drug-likeness (QED) is 0.842. The lowest BCUT2D eigenvalue weighted by Gasteiger charge is -2.09. The van der Waals surface area contributed by atoms with E-state index in [-0.39, 0.29) is 11.5 Å². The topological polar surface area (TPSA) is 40.5 Å². The molecule has 0 heterocycles. The van der Waals surface area contributed by atoms with Crippen molar-refractivity contribution in [3.63, 3.8) is 0 Å². The summed E-state index contributed by atoms with van der Waals surface area (Å²) >= 11 is 3.21. The second-order valence-electron chi connectivity index (χ2n) is 3.32. The van der Waals surface area contributed by atoms with Gasteiger partial charge >= 0.3 is 0 Å². The summed E-state index contributed by atoms with van der Waals surface area (Å²) in [6.45, 7) is 0.301. The molecule has 0 fully saturated rings. The van der Waals surface area contributed by atoms with Gasteiger partial charge in [0.05, 0.1) is 12.1 Å². The van der Waals surface area contributed by atoms with Crippen molar-refractivity contribution in [2.75, 3.05) is 20.6 Å². The molecule has 0 amide bonds. The van der Waals surface area contributed by atoms with Crippen LogP contribution < -0.4 is 0 Å². The maximum atomic E-state index is 11.6. The lowest BCUT2D eigenvalue weighted by molar-refractivity contribution is 0.0955. The Labute approximate surface area is 91.5 Å². The van der Waals surface area contributed by atoms with Gasteiger partial charge in [-0.15, -0.1) is 0 Å². The Hall–Kier alpha value is -0.870. The van der Waals surface area contributed by atoms with Gasteiger partial charge in [-0.2, -0.15) is 0 Å². The van der Waals surface area contributed by atoms with E-state index in [1.165, 1.54) is 6.07 Å². The molecule has 76 valence electrons. The second-order valence-corrected chi connectivity index (χ2v) is 4.24. The van der Waals surface area contributed by atoms with Crippen molar-refractivity contribution in [1.82, 2.24) is 4.90 Å². The van der Waals surface area contributed by atoms with Gasteiger partial charge in [0, 0.05) is 4.47 Å². The number of ketones is 1. The number of phenolic OH excluding ortho intramolecular Hbond substituents is 1. The van der Waals surface area contributed by atoms with Gasteiger partial charge in [0.25, 0.3) is 0 Å². The second kappa shape index (κ2) is 4.57. The summed E-state index contributed by atoms with van der Waals surface area (Å²) in [7, 11) is 3.63. The zero-order chi connectivity index (χ0) is 10.7. The Morgan fingerprint density at radius 1 is 1.50 bits per heavy atom. The van der Waals surface area contributed by atoms with Gasteiger partial charge in [-0.25, -0.2) is 0 Å². The molecule has 1 rings (SSSR count). The number of carbonyl (C=O) groups is 1. The zero-order valence-electron chi connectivity index (χ0n) is 8.12. The van der Waals surface area contributed by atoms with E-state index < -0.39 is 0 Å². The molecule has 0 saturated carbocycles. The highest BCUT2D eigenvalue weighted by molar-refractivity contribution is 9.10. The Morgan fingerprint density at radius 2 is 2.14 bits per heavy atom. The molecule has 0 aliphatic rings. The third-order valence-corrected chi connectivity index (χ3v) is 2.21. The van der Waals surface area contributed by atoms with Gasteiger partial charge in [0.2, 0.25) is 0 Å². The Bertz CT molecular complexity index is 350. The molecule has 0 unspecified atom stereocenters. The highest BCUT2D eigenvalue weighted by Gasteiger charge is 2.11. The summed E-state index contributed by atoms with van der Waals surface area (Å²) in [6.07, 6.45) is 0. The van der Waals surface area contributed by atoms with E-state index in [0.29, 0.717) is 12.1 Å². The lowest BCUT2D eigenvalue weighted by Crippen LogP contribution is -2.21. The van der Waals surface area contributed by atoms with E-state index in [0.717, 1.165) is 4.47 Å². The molecule has 14 heavy (non-hydrogen) atoms.